The highest BCUT2D eigenvalue weighted by Crippen LogP contribution is 2.24. The van der Waals surface area contributed by atoms with Crippen molar-refractivity contribution in [1.29, 1.82) is 0 Å². The van der Waals surface area contributed by atoms with Crippen molar-refractivity contribution in [1.82, 2.24) is 4.98 Å². The number of anilines is 1. The van der Waals surface area contributed by atoms with Crippen LogP contribution in [0.15, 0.2) is 24.4 Å². The molecule has 0 bridgehead atoms. The SMILES string of the molecule is Nc1cc(Cl)cc2ncc(C=O)cc12. The molecule has 0 aliphatic rings. The van der Waals surface area contributed by atoms with Gasteiger partial charge in [0.25, 0.3) is 0 Å². The highest BCUT2D eigenvalue weighted by atomic mass is 35.5. The van der Waals surface area contributed by atoms with Crippen molar-refractivity contribution < 1.29 is 4.79 Å². The van der Waals surface area contributed by atoms with Gasteiger partial charge in [0.05, 0.1) is 5.52 Å². The Morgan fingerprint density at radius 1 is 1.36 bits per heavy atom. The van der Waals surface area contributed by atoms with Gasteiger partial charge in [-0.2, -0.15) is 0 Å². The van der Waals surface area contributed by atoms with E-state index in [-0.39, 0.29) is 0 Å². The number of aldehydes is 1. The van der Waals surface area contributed by atoms with Crippen LogP contribution < -0.4 is 5.73 Å². The largest absolute Gasteiger partial charge is 0.398 e. The molecule has 1 aromatic carbocycles. The molecule has 2 N–H and O–H groups in total. The van der Waals surface area contributed by atoms with Crippen LogP contribution in [0.25, 0.3) is 10.9 Å². The van der Waals surface area contributed by atoms with Crippen LogP contribution in [0.4, 0.5) is 5.69 Å². The van der Waals surface area contributed by atoms with Crippen molar-refractivity contribution >= 4 is 34.5 Å². The van der Waals surface area contributed by atoms with Crippen molar-refractivity contribution in [3.63, 3.8) is 0 Å². The summed E-state index contributed by atoms with van der Waals surface area (Å²) in [4.78, 5) is 14.6. The maximum Gasteiger partial charge on any atom is 0.151 e. The van der Waals surface area contributed by atoms with Crippen molar-refractivity contribution in [3.8, 4) is 0 Å². The van der Waals surface area contributed by atoms with Crippen molar-refractivity contribution in [2.75, 3.05) is 5.73 Å². The van der Waals surface area contributed by atoms with Crippen LogP contribution in [0.5, 0.6) is 0 Å². The molecule has 0 atom stereocenters. The van der Waals surface area contributed by atoms with E-state index in [2.05, 4.69) is 4.98 Å². The molecule has 1 aromatic heterocycles. The Morgan fingerprint density at radius 3 is 2.86 bits per heavy atom. The zero-order valence-electron chi connectivity index (χ0n) is 7.20. The van der Waals surface area contributed by atoms with Gasteiger partial charge in [-0.3, -0.25) is 9.78 Å². The highest BCUT2D eigenvalue weighted by molar-refractivity contribution is 6.31. The van der Waals surface area contributed by atoms with Gasteiger partial charge in [0.1, 0.15) is 0 Å². The second-order valence-corrected chi connectivity index (χ2v) is 3.38. The molecule has 70 valence electrons. The van der Waals surface area contributed by atoms with Crippen molar-refractivity contribution in [2.45, 2.75) is 0 Å². The Kier molecular flexibility index (Phi) is 2.09. The minimum atomic E-state index is 0.506. The first kappa shape index (κ1) is 8.97. The average Bonchev–Trinajstić information content (AvgIpc) is 2.17. The predicted molar refractivity (Wildman–Crippen MR) is 56.6 cm³/mol. The zero-order chi connectivity index (χ0) is 10.1. The second-order valence-electron chi connectivity index (χ2n) is 2.95. The normalized spacial score (nSPS) is 10.4. The molecule has 0 spiro atoms. The summed E-state index contributed by atoms with van der Waals surface area (Å²) in [6, 6.07) is 5.04. The van der Waals surface area contributed by atoms with Gasteiger partial charge in [-0.1, -0.05) is 11.6 Å². The van der Waals surface area contributed by atoms with E-state index in [1.54, 1.807) is 18.2 Å². The topological polar surface area (TPSA) is 56.0 Å². The fraction of sp³-hybridized carbons (Fsp3) is 0. The number of hydrogen-bond donors (Lipinski definition) is 1. The molecule has 0 fully saturated rings. The first-order valence-electron chi connectivity index (χ1n) is 4.00. The number of benzene rings is 1. The molecule has 0 saturated carbocycles. The number of rotatable bonds is 1. The summed E-state index contributed by atoms with van der Waals surface area (Å²) < 4.78 is 0. The standard InChI is InChI=1S/C10H7ClN2O/c11-7-2-9(12)8-1-6(5-14)4-13-10(8)3-7/h1-5H,12H2. The second kappa shape index (κ2) is 3.27. The Labute approximate surface area is 85.5 Å². The van der Waals surface area contributed by atoms with E-state index in [4.69, 9.17) is 17.3 Å². The first-order chi connectivity index (χ1) is 6.70. The quantitative estimate of drug-likeness (QED) is 0.575. The molecule has 0 aliphatic carbocycles. The Hall–Kier alpha value is -1.61. The molecule has 0 amide bonds. The lowest BCUT2D eigenvalue weighted by atomic mass is 10.1. The average molecular weight is 207 g/mol. The summed E-state index contributed by atoms with van der Waals surface area (Å²) in [5.41, 5.74) is 7.47. The predicted octanol–water partition coefficient (Wildman–Crippen LogP) is 2.28. The van der Waals surface area contributed by atoms with Gasteiger partial charge < -0.3 is 5.73 Å². The third-order valence-electron chi connectivity index (χ3n) is 1.95. The van der Waals surface area contributed by atoms with E-state index in [0.717, 1.165) is 11.7 Å². The van der Waals surface area contributed by atoms with Gasteiger partial charge in [-0.05, 0) is 18.2 Å². The Morgan fingerprint density at radius 2 is 2.14 bits per heavy atom. The van der Waals surface area contributed by atoms with Gasteiger partial charge in [-0.25, -0.2) is 0 Å². The molecule has 14 heavy (non-hydrogen) atoms. The molecule has 0 saturated heterocycles. The minimum absolute atomic E-state index is 0.506. The van der Waals surface area contributed by atoms with Crippen LogP contribution in [0.2, 0.25) is 5.02 Å². The lowest BCUT2D eigenvalue weighted by molar-refractivity contribution is 0.112. The molecule has 0 radical (unpaired) electrons. The number of halogens is 1. The third kappa shape index (κ3) is 1.42. The van der Waals surface area contributed by atoms with Crippen LogP contribution >= 0.6 is 11.6 Å². The fourth-order valence-corrected chi connectivity index (χ4v) is 1.52. The Bertz CT molecular complexity index is 511. The number of nitrogens with two attached hydrogens (primary N) is 1. The lowest BCUT2D eigenvalue weighted by Crippen LogP contribution is -1.91. The van der Waals surface area contributed by atoms with Crippen LogP contribution in [0.1, 0.15) is 10.4 Å². The van der Waals surface area contributed by atoms with E-state index in [0.29, 0.717) is 21.8 Å². The van der Waals surface area contributed by atoms with Crippen molar-refractivity contribution in [2.24, 2.45) is 0 Å². The number of aromatic nitrogens is 1. The van der Waals surface area contributed by atoms with E-state index >= 15 is 0 Å². The number of carbonyl (C=O) groups excluding carboxylic acids is 1. The molecule has 3 nitrogen and oxygen atoms in total. The third-order valence-corrected chi connectivity index (χ3v) is 2.17. The van der Waals surface area contributed by atoms with Crippen LogP contribution in [0, 0.1) is 0 Å². The van der Waals surface area contributed by atoms with Crippen LogP contribution in [-0.2, 0) is 0 Å². The van der Waals surface area contributed by atoms with E-state index in [1.807, 2.05) is 0 Å². The molecule has 2 rings (SSSR count). The molecule has 1 heterocycles. The zero-order valence-corrected chi connectivity index (χ0v) is 7.95. The number of carbonyl (C=O) groups is 1. The van der Waals surface area contributed by atoms with E-state index in [9.17, 15) is 4.79 Å². The summed E-state index contributed by atoms with van der Waals surface area (Å²) in [7, 11) is 0. The Balaban J connectivity index is 2.81. The molecular weight excluding hydrogens is 200 g/mol. The van der Waals surface area contributed by atoms with Crippen molar-refractivity contribution in [3.05, 3.63) is 35.0 Å². The van der Waals surface area contributed by atoms with Gasteiger partial charge in [-0.15, -0.1) is 0 Å². The maximum absolute atomic E-state index is 10.5. The molecule has 0 aliphatic heterocycles. The first-order valence-corrected chi connectivity index (χ1v) is 4.38. The number of hydrogen-bond acceptors (Lipinski definition) is 3. The maximum atomic E-state index is 10.5. The van der Waals surface area contributed by atoms with Crippen LogP contribution in [-0.4, -0.2) is 11.3 Å². The number of fused-ring (bicyclic) bond motifs is 1. The number of pyridine rings is 1. The molecule has 0 unspecified atom stereocenters. The lowest BCUT2D eigenvalue weighted by Gasteiger charge is -2.02. The summed E-state index contributed by atoms with van der Waals surface area (Å²) in [5, 5.41) is 1.29. The summed E-state index contributed by atoms with van der Waals surface area (Å²) in [6.07, 6.45) is 2.23. The van der Waals surface area contributed by atoms with Gasteiger partial charge in [0.2, 0.25) is 0 Å². The van der Waals surface area contributed by atoms with Gasteiger partial charge in [0, 0.05) is 27.9 Å². The van der Waals surface area contributed by atoms with E-state index < -0.39 is 0 Å². The highest BCUT2D eigenvalue weighted by Gasteiger charge is 2.02. The van der Waals surface area contributed by atoms with Gasteiger partial charge in [0.15, 0.2) is 6.29 Å². The smallest absolute Gasteiger partial charge is 0.151 e. The summed E-state index contributed by atoms with van der Waals surface area (Å²) in [5.74, 6) is 0. The molecule has 4 heteroatoms. The minimum Gasteiger partial charge on any atom is -0.398 e. The number of nitrogen functional groups attached to an aromatic ring is 1. The fourth-order valence-electron chi connectivity index (χ4n) is 1.30. The van der Waals surface area contributed by atoms with Gasteiger partial charge >= 0.3 is 0 Å². The molecular formula is C10H7ClN2O. The number of nitrogens with zero attached hydrogens (tertiary/aromatic N) is 1. The molecule has 2 aromatic rings. The monoisotopic (exact) mass is 206 g/mol. The summed E-state index contributed by atoms with van der Waals surface area (Å²) in [6.45, 7) is 0. The van der Waals surface area contributed by atoms with Crippen LogP contribution in [0.3, 0.4) is 0 Å². The summed E-state index contributed by atoms with van der Waals surface area (Å²) >= 11 is 5.81. The van der Waals surface area contributed by atoms with E-state index in [1.165, 1.54) is 6.20 Å².